The number of imidazole rings is 1. The van der Waals surface area contributed by atoms with Gasteiger partial charge in [0, 0.05) is 37.8 Å². The minimum absolute atomic E-state index is 0.337. The van der Waals surface area contributed by atoms with Crippen molar-refractivity contribution in [1.82, 2.24) is 19.6 Å². The lowest BCUT2D eigenvalue weighted by atomic mass is 9.89. The molecule has 1 N–H and O–H groups in total. The Balaban J connectivity index is 1.39. The fourth-order valence-electron chi connectivity index (χ4n) is 4.00. The molecule has 134 valence electrons. The Bertz CT molecular complexity index is 764. The van der Waals surface area contributed by atoms with Crippen molar-refractivity contribution in [2.24, 2.45) is 11.8 Å². The van der Waals surface area contributed by atoms with Gasteiger partial charge in [-0.3, -0.25) is 4.79 Å². The topological polar surface area (TPSA) is 49.6 Å². The first-order valence-electron chi connectivity index (χ1n) is 9.60. The van der Waals surface area contributed by atoms with E-state index in [1.807, 2.05) is 6.20 Å². The summed E-state index contributed by atoms with van der Waals surface area (Å²) in [5, 5.41) is 3.74. The molecule has 3 heterocycles. The Morgan fingerprint density at radius 3 is 2.96 bits per heavy atom. The number of hydrogen-bond donors (Lipinski definition) is 1. The number of fused-ring (bicyclic) bond motifs is 1. The fraction of sp³-hybridized carbons (Fsp3) is 0.600. The molecule has 1 saturated carbocycles. The third kappa shape index (κ3) is 3.43. The monoisotopic (exact) mass is 340 g/mol. The molecule has 4 rings (SSSR count). The van der Waals surface area contributed by atoms with Gasteiger partial charge in [-0.05, 0) is 49.8 Å². The van der Waals surface area contributed by atoms with Crippen LogP contribution in [0.2, 0.25) is 0 Å². The molecule has 2 unspecified atom stereocenters. The van der Waals surface area contributed by atoms with Crippen molar-refractivity contribution in [3.63, 3.8) is 0 Å². The molecular weight excluding hydrogens is 312 g/mol. The highest BCUT2D eigenvalue weighted by Gasteiger charge is 2.37. The van der Waals surface area contributed by atoms with Crippen LogP contribution in [-0.4, -0.2) is 39.3 Å². The molecule has 2 fully saturated rings. The average Bonchev–Trinajstić information content (AvgIpc) is 3.40. The largest absolute Gasteiger partial charge is 0.342 e. The van der Waals surface area contributed by atoms with E-state index in [0.717, 1.165) is 51.0 Å². The van der Waals surface area contributed by atoms with Gasteiger partial charge in [-0.1, -0.05) is 13.3 Å². The van der Waals surface area contributed by atoms with Crippen molar-refractivity contribution >= 4 is 11.6 Å². The predicted octanol–water partition coefficient (Wildman–Crippen LogP) is 2.77. The fourth-order valence-corrected chi connectivity index (χ4v) is 4.00. The summed E-state index contributed by atoms with van der Waals surface area (Å²) < 4.78 is 2.16. The predicted molar refractivity (Wildman–Crippen MR) is 98.3 cm³/mol. The number of hydrogen-bond acceptors (Lipinski definition) is 3. The van der Waals surface area contributed by atoms with Crippen molar-refractivity contribution in [3.8, 4) is 0 Å². The van der Waals surface area contributed by atoms with E-state index in [0.29, 0.717) is 23.8 Å². The maximum absolute atomic E-state index is 12.3. The average molecular weight is 340 g/mol. The molecule has 2 aliphatic rings. The molecule has 2 atom stereocenters. The number of likely N-dealkylation sites (tertiary alicyclic amines) is 1. The summed E-state index contributed by atoms with van der Waals surface area (Å²) in [6.45, 7) is 6.96. The zero-order valence-electron chi connectivity index (χ0n) is 15.2. The zero-order chi connectivity index (χ0) is 17.4. The minimum Gasteiger partial charge on any atom is -0.342 e. The number of piperidine rings is 1. The van der Waals surface area contributed by atoms with Crippen molar-refractivity contribution in [3.05, 3.63) is 35.8 Å². The standard InChI is InChI=1S/C20H28N4O/c1-3-15-13-23(20(25)16-4-5-16)8-7-18(15)21-11-17-12-22-19-10-14(2)6-9-24(17)19/h6,9-10,12,15-16,18,21H,3-5,7-8,11,13H2,1-2H3. The number of nitrogens with zero attached hydrogens (tertiary/aromatic N) is 3. The third-order valence-corrected chi connectivity index (χ3v) is 5.79. The quantitative estimate of drug-likeness (QED) is 0.910. The number of nitrogens with one attached hydrogen (secondary N) is 1. The van der Waals surface area contributed by atoms with E-state index in [4.69, 9.17) is 0 Å². The van der Waals surface area contributed by atoms with E-state index in [9.17, 15) is 4.79 Å². The number of aromatic nitrogens is 2. The van der Waals surface area contributed by atoms with Gasteiger partial charge < -0.3 is 14.6 Å². The van der Waals surface area contributed by atoms with E-state index in [1.54, 1.807) is 0 Å². The van der Waals surface area contributed by atoms with Crippen molar-refractivity contribution < 1.29 is 4.79 Å². The number of carbonyl (C=O) groups is 1. The first kappa shape index (κ1) is 16.6. The van der Waals surface area contributed by atoms with Gasteiger partial charge in [0.15, 0.2) is 0 Å². The molecule has 1 saturated heterocycles. The number of aryl methyl sites for hydroxylation is 1. The first-order chi connectivity index (χ1) is 12.2. The summed E-state index contributed by atoms with van der Waals surface area (Å²) in [6.07, 6.45) is 8.42. The van der Waals surface area contributed by atoms with Crippen molar-refractivity contribution in [2.45, 2.75) is 52.1 Å². The van der Waals surface area contributed by atoms with Crippen LogP contribution in [0.25, 0.3) is 5.65 Å². The molecule has 5 nitrogen and oxygen atoms in total. The van der Waals surface area contributed by atoms with E-state index >= 15 is 0 Å². The van der Waals surface area contributed by atoms with Crippen molar-refractivity contribution in [2.75, 3.05) is 13.1 Å². The van der Waals surface area contributed by atoms with Crippen LogP contribution in [0.3, 0.4) is 0 Å². The molecular formula is C20H28N4O. The Hall–Kier alpha value is -1.88. The summed E-state index contributed by atoms with van der Waals surface area (Å²) in [7, 11) is 0. The van der Waals surface area contributed by atoms with Crippen LogP contribution in [0.5, 0.6) is 0 Å². The number of amides is 1. The maximum atomic E-state index is 12.3. The van der Waals surface area contributed by atoms with Crippen LogP contribution in [0, 0.1) is 18.8 Å². The van der Waals surface area contributed by atoms with Crippen LogP contribution in [0.1, 0.15) is 43.9 Å². The van der Waals surface area contributed by atoms with Gasteiger partial charge in [-0.15, -0.1) is 0 Å². The van der Waals surface area contributed by atoms with Gasteiger partial charge in [-0.2, -0.15) is 0 Å². The lowest BCUT2D eigenvalue weighted by Gasteiger charge is -2.39. The Morgan fingerprint density at radius 2 is 2.20 bits per heavy atom. The highest BCUT2D eigenvalue weighted by atomic mass is 16.2. The molecule has 5 heteroatoms. The minimum atomic E-state index is 0.337. The normalized spacial score (nSPS) is 24.0. The van der Waals surface area contributed by atoms with Crippen molar-refractivity contribution in [1.29, 1.82) is 0 Å². The summed E-state index contributed by atoms with van der Waals surface area (Å²) in [6, 6.07) is 4.71. The highest BCUT2D eigenvalue weighted by molar-refractivity contribution is 5.81. The Labute approximate surface area is 149 Å². The van der Waals surface area contributed by atoms with Crippen LogP contribution in [0.4, 0.5) is 0 Å². The molecule has 0 spiro atoms. The Morgan fingerprint density at radius 1 is 1.36 bits per heavy atom. The summed E-state index contributed by atoms with van der Waals surface area (Å²) in [5.74, 6) is 1.27. The lowest BCUT2D eigenvalue weighted by Crippen LogP contribution is -2.51. The Kier molecular flexibility index (Phi) is 4.50. The third-order valence-electron chi connectivity index (χ3n) is 5.79. The van der Waals surface area contributed by atoms with E-state index in [2.05, 4.69) is 51.8 Å². The second-order valence-corrected chi connectivity index (χ2v) is 7.68. The lowest BCUT2D eigenvalue weighted by molar-refractivity contribution is -0.134. The van der Waals surface area contributed by atoms with Gasteiger partial charge in [0.1, 0.15) is 5.65 Å². The SMILES string of the molecule is CCC1CN(C(=O)C2CC2)CCC1NCc1cnc2cc(C)ccn12. The summed E-state index contributed by atoms with van der Waals surface area (Å²) in [5.41, 5.74) is 3.44. The molecule has 1 amide bonds. The molecule has 1 aliphatic heterocycles. The highest BCUT2D eigenvalue weighted by Crippen LogP contribution is 2.33. The van der Waals surface area contributed by atoms with Gasteiger partial charge >= 0.3 is 0 Å². The molecule has 2 aromatic heterocycles. The molecule has 0 aromatic carbocycles. The van der Waals surface area contributed by atoms with Gasteiger partial charge in [-0.25, -0.2) is 4.98 Å². The van der Waals surface area contributed by atoms with Gasteiger partial charge in [0.05, 0.1) is 11.9 Å². The van der Waals surface area contributed by atoms with Crippen LogP contribution in [0.15, 0.2) is 24.5 Å². The molecule has 25 heavy (non-hydrogen) atoms. The van der Waals surface area contributed by atoms with E-state index in [-0.39, 0.29) is 0 Å². The van der Waals surface area contributed by atoms with Crippen LogP contribution >= 0.6 is 0 Å². The summed E-state index contributed by atoms with van der Waals surface area (Å²) in [4.78, 5) is 19.0. The molecule has 1 aliphatic carbocycles. The van der Waals surface area contributed by atoms with E-state index in [1.165, 1.54) is 11.3 Å². The molecule has 0 bridgehead atoms. The van der Waals surface area contributed by atoms with Crippen LogP contribution in [-0.2, 0) is 11.3 Å². The smallest absolute Gasteiger partial charge is 0.225 e. The van der Waals surface area contributed by atoms with Crippen LogP contribution < -0.4 is 5.32 Å². The second kappa shape index (κ2) is 6.79. The molecule has 0 radical (unpaired) electrons. The summed E-state index contributed by atoms with van der Waals surface area (Å²) >= 11 is 0. The molecule has 2 aromatic rings. The van der Waals surface area contributed by atoms with Gasteiger partial charge in [0.25, 0.3) is 0 Å². The second-order valence-electron chi connectivity index (χ2n) is 7.68. The number of rotatable bonds is 5. The first-order valence-corrected chi connectivity index (χ1v) is 9.60. The van der Waals surface area contributed by atoms with Gasteiger partial charge in [0.2, 0.25) is 5.91 Å². The number of carbonyl (C=O) groups excluding carboxylic acids is 1. The van der Waals surface area contributed by atoms with E-state index < -0.39 is 0 Å². The zero-order valence-corrected chi connectivity index (χ0v) is 15.2. The number of pyridine rings is 1. The maximum Gasteiger partial charge on any atom is 0.225 e.